The number of hydrogen-bond acceptors (Lipinski definition) is 4. The number of thiophene rings is 1. The molecule has 0 radical (unpaired) electrons. The highest BCUT2D eigenvalue weighted by Crippen LogP contribution is 2.31. The van der Waals surface area contributed by atoms with Crippen LogP contribution in [0.25, 0.3) is 0 Å². The van der Waals surface area contributed by atoms with E-state index in [9.17, 15) is 4.79 Å². The molecule has 1 heterocycles. The summed E-state index contributed by atoms with van der Waals surface area (Å²) in [6.45, 7) is 0. The maximum Gasteiger partial charge on any atom is 0.265 e. The second-order valence-electron chi connectivity index (χ2n) is 4.82. The molecule has 3 rings (SSSR count). The highest BCUT2D eigenvalue weighted by atomic mass is 32.1. The van der Waals surface area contributed by atoms with Gasteiger partial charge in [-0.25, -0.2) is 0 Å². The Hall–Kier alpha value is -2.01. The van der Waals surface area contributed by atoms with Crippen molar-refractivity contribution in [3.63, 3.8) is 0 Å². The molecule has 0 unspecified atom stereocenters. The van der Waals surface area contributed by atoms with E-state index in [1.807, 2.05) is 6.07 Å². The van der Waals surface area contributed by atoms with Crippen molar-refractivity contribution in [1.82, 2.24) is 0 Å². The Morgan fingerprint density at radius 2 is 2.20 bits per heavy atom. The number of ether oxygens (including phenoxy) is 1. The second kappa shape index (κ2) is 5.17. The standard InChI is InChI=1S/C15H16N2O2S/c1-19-12-8-10(5-6-11(12)16)17-15(18)14-7-9-3-2-4-13(9)20-14/h5-8H,2-4,16H2,1H3,(H,17,18). The molecule has 0 atom stereocenters. The minimum atomic E-state index is -0.0729. The largest absolute Gasteiger partial charge is 0.495 e. The molecule has 5 heteroatoms. The van der Waals surface area contributed by atoms with Crippen molar-refractivity contribution in [1.29, 1.82) is 0 Å². The lowest BCUT2D eigenvalue weighted by Gasteiger charge is -2.08. The zero-order valence-electron chi connectivity index (χ0n) is 11.2. The van der Waals surface area contributed by atoms with Gasteiger partial charge in [-0.15, -0.1) is 11.3 Å². The predicted octanol–water partition coefficient (Wildman–Crippen LogP) is 3.08. The third-order valence-corrected chi connectivity index (χ3v) is 4.70. The van der Waals surface area contributed by atoms with Gasteiger partial charge in [0, 0.05) is 16.6 Å². The van der Waals surface area contributed by atoms with Gasteiger partial charge < -0.3 is 15.8 Å². The molecule has 1 aromatic heterocycles. The molecule has 0 fully saturated rings. The number of rotatable bonds is 3. The summed E-state index contributed by atoms with van der Waals surface area (Å²) < 4.78 is 5.15. The van der Waals surface area contributed by atoms with Gasteiger partial charge in [-0.3, -0.25) is 4.79 Å². The number of hydrogen-bond donors (Lipinski definition) is 2. The summed E-state index contributed by atoms with van der Waals surface area (Å²) in [6.07, 6.45) is 3.40. The molecule has 1 aromatic carbocycles. The van der Waals surface area contributed by atoms with Crippen LogP contribution in [0.15, 0.2) is 24.3 Å². The van der Waals surface area contributed by atoms with Crippen LogP contribution in [0.4, 0.5) is 11.4 Å². The lowest BCUT2D eigenvalue weighted by molar-refractivity contribution is 0.103. The molecule has 0 spiro atoms. The van der Waals surface area contributed by atoms with Gasteiger partial charge in [0.05, 0.1) is 17.7 Å². The Balaban J connectivity index is 1.78. The van der Waals surface area contributed by atoms with Crippen molar-refractivity contribution in [3.8, 4) is 5.75 Å². The number of nitrogens with two attached hydrogens (primary N) is 1. The molecule has 1 amide bonds. The van der Waals surface area contributed by atoms with Crippen molar-refractivity contribution < 1.29 is 9.53 Å². The number of benzene rings is 1. The number of nitrogen functional groups attached to an aromatic ring is 1. The minimum Gasteiger partial charge on any atom is -0.495 e. The molecule has 20 heavy (non-hydrogen) atoms. The van der Waals surface area contributed by atoms with E-state index in [-0.39, 0.29) is 5.91 Å². The molecule has 1 aliphatic rings. The highest BCUT2D eigenvalue weighted by Gasteiger charge is 2.18. The van der Waals surface area contributed by atoms with Gasteiger partial charge >= 0.3 is 0 Å². The Morgan fingerprint density at radius 1 is 1.35 bits per heavy atom. The van der Waals surface area contributed by atoms with Crippen LogP contribution in [0.5, 0.6) is 5.75 Å². The summed E-state index contributed by atoms with van der Waals surface area (Å²) in [5.41, 5.74) is 8.33. The van der Waals surface area contributed by atoms with E-state index in [0.29, 0.717) is 17.1 Å². The molecular formula is C15H16N2O2S. The SMILES string of the molecule is COc1cc(NC(=O)c2cc3c(s2)CCC3)ccc1N. The van der Waals surface area contributed by atoms with E-state index in [2.05, 4.69) is 5.32 Å². The van der Waals surface area contributed by atoms with Crippen LogP contribution in [0.2, 0.25) is 0 Å². The van der Waals surface area contributed by atoms with Gasteiger partial charge in [0.1, 0.15) is 5.75 Å². The van der Waals surface area contributed by atoms with Crippen molar-refractivity contribution in [2.75, 3.05) is 18.2 Å². The third kappa shape index (κ3) is 2.36. The van der Waals surface area contributed by atoms with Crippen LogP contribution < -0.4 is 15.8 Å². The van der Waals surface area contributed by atoms with Crippen LogP contribution in [0.1, 0.15) is 26.5 Å². The average molecular weight is 288 g/mol. The first-order valence-corrected chi connectivity index (χ1v) is 7.35. The Morgan fingerprint density at radius 3 is 2.95 bits per heavy atom. The number of methoxy groups -OCH3 is 1. The number of nitrogens with one attached hydrogen (secondary N) is 1. The summed E-state index contributed by atoms with van der Waals surface area (Å²) in [6, 6.07) is 7.24. The quantitative estimate of drug-likeness (QED) is 0.853. The fourth-order valence-electron chi connectivity index (χ4n) is 2.42. The Labute approximate surface area is 121 Å². The number of anilines is 2. The molecular weight excluding hydrogens is 272 g/mol. The number of amides is 1. The topological polar surface area (TPSA) is 64.3 Å². The van der Waals surface area contributed by atoms with Crippen molar-refractivity contribution in [3.05, 3.63) is 39.6 Å². The summed E-state index contributed by atoms with van der Waals surface area (Å²) in [4.78, 5) is 14.4. The first-order valence-electron chi connectivity index (χ1n) is 6.54. The van der Waals surface area contributed by atoms with Crippen LogP contribution >= 0.6 is 11.3 Å². The van der Waals surface area contributed by atoms with E-state index in [0.717, 1.165) is 17.7 Å². The van der Waals surface area contributed by atoms with Crippen molar-refractivity contribution in [2.45, 2.75) is 19.3 Å². The Kier molecular flexibility index (Phi) is 3.36. The van der Waals surface area contributed by atoms with Gasteiger partial charge in [0.25, 0.3) is 5.91 Å². The average Bonchev–Trinajstić information content (AvgIpc) is 3.01. The maximum absolute atomic E-state index is 12.2. The van der Waals surface area contributed by atoms with Gasteiger partial charge in [0.2, 0.25) is 0 Å². The molecule has 0 saturated heterocycles. The van der Waals surface area contributed by atoms with E-state index < -0.39 is 0 Å². The molecule has 3 N–H and O–H groups in total. The third-order valence-electron chi connectivity index (χ3n) is 3.46. The lowest BCUT2D eigenvalue weighted by atomic mass is 10.2. The smallest absolute Gasteiger partial charge is 0.265 e. The van der Waals surface area contributed by atoms with Gasteiger partial charge in [0.15, 0.2) is 0 Å². The first-order chi connectivity index (χ1) is 9.67. The summed E-state index contributed by atoms with van der Waals surface area (Å²) in [7, 11) is 1.56. The van der Waals surface area contributed by atoms with Gasteiger partial charge in [-0.2, -0.15) is 0 Å². The summed E-state index contributed by atoms with van der Waals surface area (Å²) in [5, 5.41) is 2.88. The van der Waals surface area contributed by atoms with E-state index in [1.54, 1.807) is 36.6 Å². The molecule has 0 aliphatic heterocycles. The summed E-state index contributed by atoms with van der Waals surface area (Å²) in [5.74, 6) is 0.493. The van der Waals surface area contributed by atoms with Crippen LogP contribution in [0, 0.1) is 0 Å². The minimum absolute atomic E-state index is 0.0729. The molecule has 0 saturated carbocycles. The van der Waals surface area contributed by atoms with Crippen LogP contribution in [0.3, 0.4) is 0 Å². The Bertz CT molecular complexity index is 642. The molecule has 104 valence electrons. The number of carbonyl (C=O) groups is 1. The zero-order chi connectivity index (χ0) is 14.1. The van der Waals surface area contributed by atoms with Gasteiger partial charge in [-0.1, -0.05) is 0 Å². The normalized spacial score (nSPS) is 13.1. The summed E-state index contributed by atoms with van der Waals surface area (Å²) >= 11 is 1.59. The van der Waals surface area contributed by atoms with Crippen LogP contribution in [-0.4, -0.2) is 13.0 Å². The molecule has 2 aromatic rings. The zero-order valence-corrected chi connectivity index (χ0v) is 12.0. The molecule has 4 nitrogen and oxygen atoms in total. The number of carbonyl (C=O) groups excluding carboxylic acids is 1. The van der Waals surface area contributed by atoms with Gasteiger partial charge in [-0.05, 0) is 43.0 Å². The predicted molar refractivity (Wildman–Crippen MR) is 81.7 cm³/mol. The van der Waals surface area contributed by atoms with Crippen LogP contribution in [-0.2, 0) is 12.8 Å². The van der Waals surface area contributed by atoms with Crippen molar-refractivity contribution in [2.24, 2.45) is 0 Å². The maximum atomic E-state index is 12.2. The molecule has 1 aliphatic carbocycles. The second-order valence-corrected chi connectivity index (χ2v) is 5.96. The fourth-order valence-corrected chi connectivity index (χ4v) is 3.57. The van der Waals surface area contributed by atoms with E-state index in [4.69, 9.17) is 10.5 Å². The highest BCUT2D eigenvalue weighted by molar-refractivity contribution is 7.14. The fraction of sp³-hybridized carbons (Fsp3) is 0.267. The van der Waals surface area contributed by atoms with E-state index in [1.165, 1.54) is 16.9 Å². The number of fused-ring (bicyclic) bond motifs is 1. The van der Waals surface area contributed by atoms with E-state index >= 15 is 0 Å². The molecule has 0 bridgehead atoms. The van der Waals surface area contributed by atoms with Crippen molar-refractivity contribution >= 4 is 28.6 Å². The lowest BCUT2D eigenvalue weighted by Crippen LogP contribution is -2.10. The first kappa shape index (κ1) is 13.0. The monoisotopic (exact) mass is 288 g/mol. The number of aryl methyl sites for hydroxylation is 2.